The predicted molar refractivity (Wildman–Crippen MR) is 60.3 cm³/mol. The van der Waals surface area contributed by atoms with Gasteiger partial charge >= 0.3 is 5.97 Å². The van der Waals surface area contributed by atoms with E-state index in [1.807, 2.05) is 0 Å². The Labute approximate surface area is 97.1 Å². The lowest BCUT2D eigenvalue weighted by atomic mass is 10.3. The Morgan fingerprint density at radius 1 is 1.44 bits per heavy atom. The lowest BCUT2D eigenvalue weighted by Crippen LogP contribution is -2.08. The van der Waals surface area contributed by atoms with Gasteiger partial charge in [0.05, 0.1) is 16.4 Å². The summed E-state index contributed by atoms with van der Waals surface area (Å²) in [5.74, 6) is -1.03. The minimum Gasteiger partial charge on any atom is -0.477 e. The van der Waals surface area contributed by atoms with Crippen molar-refractivity contribution in [1.29, 1.82) is 0 Å². The van der Waals surface area contributed by atoms with E-state index in [0.717, 1.165) is 0 Å². The van der Waals surface area contributed by atoms with Crippen molar-refractivity contribution in [2.45, 2.75) is 6.92 Å². The minimum atomic E-state index is -1.03. The number of aromatic carboxylic acids is 1. The minimum absolute atomic E-state index is 0.102. The molecule has 1 aromatic carbocycles. The van der Waals surface area contributed by atoms with Crippen molar-refractivity contribution in [3.8, 4) is 5.69 Å². The number of rotatable bonds is 2. The first kappa shape index (κ1) is 10.7. The Balaban J connectivity index is 2.64. The van der Waals surface area contributed by atoms with Crippen LogP contribution >= 0.6 is 11.6 Å². The molecule has 0 aliphatic carbocycles. The Kier molecular flexibility index (Phi) is 2.66. The number of aromatic nitrogens is 2. The normalized spacial score (nSPS) is 10.4. The maximum atomic E-state index is 11.0. The van der Waals surface area contributed by atoms with Crippen LogP contribution in [-0.2, 0) is 0 Å². The highest BCUT2D eigenvalue weighted by atomic mass is 35.5. The number of carboxylic acids is 1. The zero-order valence-electron chi connectivity index (χ0n) is 8.51. The zero-order valence-corrected chi connectivity index (χ0v) is 9.27. The molecule has 0 saturated heterocycles. The van der Waals surface area contributed by atoms with Gasteiger partial charge in [-0.1, -0.05) is 23.7 Å². The van der Waals surface area contributed by atoms with Crippen molar-refractivity contribution >= 4 is 17.6 Å². The number of halogens is 1. The van der Waals surface area contributed by atoms with Gasteiger partial charge in [0.2, 0.25) is 0 Å². The second-order valence-corrected chi connectivity index (χ2v) is 3.75. The highest BCUT2D eigenvalue weighted by molar-refractivity contribution is 6.32. The Hall–Kier alpha value is -1.81. The van der Waals surface area contributed by atoms with Gasteiger partial charge in [0.15, 0.2) is 5.69 Å². The summed E-state index contributed by atoms with van der Waals surface area (Å²) in [6.45, 7) is 1.74. The molecule has 0 unspecified atom stereocenters. The average Bonchev–Trinajstić information content (AvgIpc) is 2.61. The molecule has 0 radical (unpaired) electrons. The number of nitrogens with zero attached hydrogens (tertiary/aromatic N) is 2. The highest BCUT2D eigenvalue weighted by Gasteiger charge is 2.15. The molecule has 0 aliphatic rings. The molecule has 0 spiro atoms. The fourth-order valence-electron chi connectivity index (χ4n) is 1.46. The van der Waals surface area contributed by atoms with E-state index < -0.39 is 5.97 Å². The SMILES string of the molecule is Cc1cc(C(=O)O)n(-c2ccccc2Cl)n1. The molecule has 0 amide bonds. The quantitative estimate of drug-likeness (QED) is 0.872. The van der Waals surface area contributed by atoms with Gasteiger partial charge in [-0.05, 0) is 25.1 Å². The second kappa shape index (κ2) is 3.98. The fourth-order valence-corrected chi connectivity index (χ4v) is 1.67. The molecule has 1 aromatic heterocycles. The van der Waals surface area contributed by atoms with Crippen molar-refractivity contribution in [2.24, 2.45) is 0 Å². The second-order valence-electron chi connectivity index (χ2n) is 3.34. The molecule has 2 aromatic rings. The van der Waals surface area contributed by atoms with Gasteiger partial charge in [-0.25, -0.2) is 9.48 Å². The summed E-state index contributed by atoms with van der Waals surface area (Å²) in [6.07, 6.45) is 0. The molecular formula is C11H9ClN2O2. The van der Waals surface area contributed by atoms with Crippen LogP contribution in [-0.4, -0.2) is 20.9 Å². The number of hydrogen-bond donors (Lipinski definition) is 1. The smallest absolute Gasteiger partial charge is 0.354 e. The van der Waals surface area contributed by atoms with E-state index >= 15 is 0 Å². The molecule has 2 rings (SSSR count). The van der Waals surface area contributed by atoms with Crippen LogP contribution < -0.4 is 0 Å². The summed E-state index contributed by atoms with van der Waals surface area (Å²) in [4.78, 5) is 11.0. The molecule has 4 nitrogen and oxygen atoms in total. The molecule has 0 aliphatic heterocycles. The monoisotopic (exact) mass is 236 g/mol. The van der Waals surface area contributed by atoms with Crippen LogP contribution in [0.4, 0.5) is 0 Å². The molecule has 1 heterocycles. The first-order valence-electron chi connectivity index (χ1n) is 4.64. The van der Waals surface area contributed by atoms with Crippen LogP contribution in [0.3, 0.4) is 0 Å². The van der Waals surface area contributed by atoms with Crippen LogP contribution in [0, 0.1) is 6.92 Å². The third kappa shape index (κ3) is 1.79. The van der Waals surface area contributed by atoms with E-state index in [1.54, 1.807) is 31.2 Å². The number of carbonyl (C=O) groups is 1. The standard InChI is InChI=1S/C11H9ClN2O2/c1-7-6-10(11(15)16)14(13-7)9-5-3-2-4-8(9)12/h2-6H,1H3,(H,15,16). The van der Waals surface area contributed by atoms with Gasteiger partial charge in [-0.3, -0.25) is 0 Å². The molecule has 0 fully saturated rings. The molecule has 82 valence electrons. The summed E-state index contributed by atoms with van der Waals surface area (Å²) >= 11 is 5.99. The first-order valence-corrected chi connectivity index (χ1v) is 5.02. The van der Waals surface area contributed by atoms with Crippen LogP contribution in [0.1, 0.15) is 16.2 Å². The number of para-hydroxylation sites is 1. The molecule has 0 saturated carbocycles. The van der Waals surface area contributed by atoms with E-state index in [2.05, 4.69) is 5.10 Å². The zero-order chi connectivity index (χ0) is 11.7. The average molecular weight is 237 g/mol. The molecule has 1 N–H and O–H groups in total. The summed E-state index contributed by atoms with van der Waals surface area (Å²) in [5, 5.41) is 13.6. The van der Waals surface area contributed by atoms with E-state index in [0.29, 0.717) is 16.4 Å². The number of benzene rings is 1. The van der Waals surface area contributed by atoms with Crippen molar-refractivity contribution < 1.29 is 9.90 Å². The first-order chi connectivity index (χ1) is 7.59. The Morgan fingerprint density at radius 2 is 2.12 bits per heavy atom. The van der Waals surface area contributed by atoms with Gasteiger partial charge in [0.25, 0.3) is 0 Å². The van der Waals surface area contributed by atoms with E-state index in [9.17, 15) is 4.79 Å². The maximum Gasteiger partial charge on any atom is 0.354 e. The van der Waals surface area contributed by atoms with Crippen molar-refractivity contribution in [1.82, 2.24) is 9.78 Å². The van der Waals surface area contributed by atoms with Crippen molar-refractivity contribution in [3.05, 3.63) is 46.7 Å². The summed E-state index contributed by atoms with van der Waals surface area (Å²) in [5.41, 5.74) is 1.30. The van der Waals surface area contributed by atoms with Gasteiger partial charge in [-0.15, -0.1) is 0 Å². The number of carboxylic acid groups (broad SMARTS) is 1. The number of aryl methyl sites for hydroxylation is 1. The van der Waals surface area contributed by atoms with E-state index in [1.165, 1.54) is 10.7 Å². The third-order valence-electron chi connectivity index (χ3n) is 2.13. The van der Waals surface area contributed by atoms with Gasteiger partial charge < -0.3 is 5.11 Å². The largest absolute Gasteiger partial charge is 0.477 e. The molecule has 16 heavy (non-hydrogen) atoms. The lowest BCUT2D eigenvalue weighted by molar-refractivity contribution is 0.0687. The van der Waals surface area contributed by atoms with Gasteiger partial charge in [-0.2, -0.15) is 5.10 Å². The summed E-state index contributed by atoms with van der Waals surface area (Å²) in [7, 11) is 0. The van der Waals surface area contributed by atoms with E-state index in [4.69, 9.17) is 16.7 Å². The Bertz CT molecular complexity index is 549. The van der Waals surface area contributed by atoms with Crippen LogP contribution in [0.15, 0.2) is 30.3 Å². The Morgan fingerprint density at radius 3 is 2.75 bits per heavy atom. The van der Waals surface area contributed by atoms with E-state index in [-0.39, 0.29) is 5.69 Å². The third-order valence-corrected chi connectivity index (χ3v) is 2.45. The lowest BCUT2D eigenvalue weighted by Gasteiger charge is -2.05. The molecule has 0 atom stereocenters. The summed E-state index contributed by atoms with van der Waals surface area (Å²) < 4.78 is 1.33. The van der Waals surface area contributed by atoms with Crippen LogP contribution in [0.5, 0.6) is 0 Å². The topological polar surface area (TPSA) is 55.1 Å². The van der Waals surface area contributed by atoms with Crippen LogP contribution in [0.25, 0.3) is 5.69 Å². The molecular weight excluding hydrogens is 228 g/mol. The molecule has 0 bridgehead atoms. The fraction of sp³-hybridized carbons (Fsp3) is 0.0909. The van der Waals surface area contributed by atoms with Crippen molar-refractivity contribution in [3.63, 3.8) is 0 Å². The van der Waals surface area contributed by atoms with Gasteiger partial charge in [0.1, 0.15) is 0 Å². The highest BCUT2D eigenvalue weighted by Crippen LogP contribution is 2.21. The molecule has 5 heteroatoms. The maximum absolute atomic E-state index is 11.0. The predicted octanol–water partition coefficient (Wildman–Crippen LogP) is 2.53. The van der Waals surface area contributed by atoms with Crippen molar-refractivity contribution in [2.75, 3.05) is 0 Å². The summed E-state index contributed by atoms with van der Waals surface area (Å²) in [6, 6.07) is 8.49. The number of hydrogen-bond acceptors (Lipinski definition) is 2. The van der Waals surface area contributed by atoms with Crippen LogP contribution in [0.2, 0.25) is 5.02 Å². The van der Waals surface area contributed by atoms with Gasteiger partial charge in [0, 0.05) is 0 Å².